The summed E-state index contributed by atoms with van der Waals surface area (Å²) >= 11 is 0. The van der Waals surface area contributed by atoms with Crippen LogP contribution in [-0.2, 0) is 19.6 Å². The summed E-state index contributed by atoms with van der Waals surface area (Å²) in [5.41, 5.74) is 2.67. The number of piperidine rings is 1. The average molecular weight is 432 g/mol. The molecule has 0 saturated carbocycles. The Kier molecular flexibility index (Phi) is 7.47. The van der Waals surface area contributed by atoms with Crippen LogP contribution in [0.1, 0.15) is 24.8 Å². The van der Waals surface area contributed by atoms with Gasteiger partial charge < -0.3 is 15.0 Å². The number of rotatable bonds is 8. The quantitative estimate of drug-likeness (QED) is 0.671. The fourth-order valence-electron chi connectivity index (χ4n) is 3.49. The number of nitrogens with one attached hydrogen (secondary N) is 2. The number of anilines is 2. The molecular weight excluding hydrogens is 402 g/mol. The van der Waals surface area contributed by atoms with Gasteiger partial charge in [-0.2, -0.15) is 0 Å². The molecule has 7 nitrogen and oxygen atoms in total. The highest BCUT2D eigenvalue weighted by Crippen LogP contribution is 2.23. The first-order chi connectivity index (χ1) is 14.4. The Hall–Kier alpha value is -2.42. The van der Waals surface area contributed by atoms with Crippen molar-refractivity contribution in [2.24, 2.45) is 0 Å². The summed E-state index contributed by atoms with van der Waals surface area (Å²) in [6.45, 7) is 3.77. The molecule has 1 aliphatic rings. The van der Waals surface area contributed by atoms with E-state index in [1.165, 1.54) is 6.07 Å². The summed E-state index contributed by atoms with van der Waals surface area (Å²) < 4.78 is 32.5. The van der Waals surface area contributed by atoms with E-state index >= 15 is 0 Å². The highest BCUT2D eigenvalue weighted by atomic mass is 32.2. The van der Waals surface area contributed by atoms with Gasteiger partial charge in [0.05, 0.1) is 11.0 Å². The molecular formula is C22H29N3O4S. The van der Waals surface area contributed by atoms with Gasteiger partial charge in [0, 0.05) is 44.5 Å². The van der Waals surface area contributed by atoms with E-state index in [0.29, 0.717) is 11.8 Å². The van der Waals surface area contributed by atoms with Crippen LogP contribution in [0.2, 0.25) is 0 Å². The van der Waals surface area contributed by atoms with Gasteiger partial charge in [0.25, 0.3) is 0 Å². The maximum atomic E-state index is 12.3. The molecule has 1 amide bonds. The second-order valence-electron chi connectivity index (χ2n) is 7.48. The van der Waals surface area contributed by atoms with E-state index in [0.717, 1.165) is 37.2 Å². The Balaban J connectivity index is 1.46. The Labute approximate surface area is 178 Å². The second kappa shape index (κ2) is 10.1. The molecule has 0 aliphatic carbocycles. The lowest BCUT2D eigenvalue weighted by Gasteiger charge is -2.33. The Morgan fingerprint density at radius 2 is 1.83 bits per heavy atom. The van der Waals surface area contributed by atoms with Gasteiger partial charge in [-0.3, -0.25) is 4.79 Å². The first-order valence-electron chi connectivity index (χ1n) is 10.1. The minimum Gasteiger partial charge on any atom is -0.381 e. The lowest BCUT2D eigenvalue weighted by molar-refractivity contribution is -0.116. The lowest BCUT2D eigenvalue weighted by Crippen LogP contribution is -2.36. The lowest BCUT2D eigenvalue weighted by atomic mass is 10.1. The highest BCUT2D eigenvalue weighted by molar-refractivity contribution is 7.89. The summed E-state index contributed by atoms with van der Waals surface area (Å²) in [4.78, 5) is 14.7. The van der Waals surface area contributed by atoms with Gasteiger partial charge in [0.15, 0.2) is 0 Å². The summed E-state index contributed by atoms with van der Waals surface area (Å²) in [5.74, 6) is -0.240. The van der Waals surface area contributed by atoms with Crippen molar-refractivity contribution < 1.29 is 17.9 Å². The third-order valence-corrected chi connectivity index (χ3v) is 6.69. The highest BCUT2D eigenvalue weighted by Gasteiger charge is 2.19. The van der Waals surface area contributed by atoms with E-state index in [-0.39, 0.29) is 23.8 Å². The number of hydrogen-bond donors (Lipinski definition) is 2. The predicted molar refractivity (Wildman–Crippen MR) is 118 cm³/mol. The number of aryl methyl sites for hydroxylation is 1. The van der Waals surface area contributed by atoms with Crippen molar-refractivity contribution >= 4 is 27.3 Å². The van der Waals surface area contributed by atoms with E-state index in [1.807, 2.05) is 37.3 Å². The maximum Gasteiger partial charge on any atom is 0.240 e. The predicted octanol–water partition coefficient (Wildman–Crippen LogP) is 2.92. The third-order valence-electron chi connectivity index (χ3n) is 5.24. The van der Waals surface area contributed by atoms with Crippen LogP contribution in [0.3, 0.4) is 0 Å². The largest absolute Gasteiger partial charge is 0.381 e. The maximum absolute atomic E-state index is 12.3. The number of sulfonamides is 1. The van der Waals surface area contributed by atoms with Crippen molar-refractivity contribution in [3.63, 3.8) is 0 Å². The van der Waals surface area contributed by atoms with Crippen molar-refractivity contribution in [2.45, 2.75) is 37.2 Å². The summed E-state index contributed by atoms with van der Waals surface area (Å²) in [6, 6.07) is 14.4. The molecule has 0 radical (unpaired) electrons. The van der Waals surface area contributed by atoms with Gasteiger partial charge in [-0.05, 0) is 61.7 Å². The van der Waals surface area contributed by atoms with Crippen LogP contribution in [0.15, 0.2) is 53.4 Å². The molecule has 162 valence electrons. The van der Waals surface area contributed by atoms with Crippen molar-refractivity contribution in [1.29, 1.82) is 0 Å². The number of ether oxygens (including phenoxy) is 1. The summed E-state index contributed by atoms with van der Waals surface area (Å²) in [6.07, 6.45) is 2.40. The van der Waals surface area contributed by atoms with E-state index in [2.05, 4.69) is 14.9 Å². The van der Waals surface area contributed by atoms with Crippen LogP contribution < -0.4 is 14.9 Å². The number of nitrogens with zero attached hydrogens (tertiary/aromatic N) is 1. The van der Waals surface area contributed by atoms with Gasteiger partial charge in [-0.15, -0.1) is 0 Å². The Morgan fingerprint density at radius 3 is 2.47 bits per heavy atom. The number of carbonyl (C=O) groups excluding carboxylic acids is 1. The monoisotopic (exact) mass is 431 g/mol. The molecule has 0 atom stereocenters. The molecule has 1 heterocycles. The van der Waals surface area contributed by atoms with Gasteiger partial charge in [-0.1, -0.05) is 12.1 Å². The molecule has 1 fully saturated rings. The van der Waals surface area contributed by atoms with Crippen LogP contribution in [0.5, 0.6) is 0 Å². The molecule has 1 saturated heterocycles. The number of methoxy groups -OCH3 is 1. The molecule has 8 heteroatoms. The zero-order valence-electron chi connectivity index (χ0n) is 17.4. The molecule has 0 bridgehead atoms. The van der Waals surface area contributed by atoms with Crippen LogP contribution in [0.4, 0.5) is 11.4 Å². The van der Waals surface area contributed by atoms with Crippen molar-refractivity contribution in [2.75, 3.05) is 37.0 Å². The number of amides is 1. The first-order valence-corrected chi connectivity index (χ1v) is 11.6. The van der Waals surface area contributed by atoms with E-state index in [1.54, 1.807) is 19.2 Å². The number of hydrogen-bond acceptors (Lipinski definition) is 5. The van der Waals surface area contributed by atoms with Crippen LogP contribution >= 0.6 is 0 Å². The fraction of sp³-hybridized carbons (Fsp3) is 0.409. The minimum absolute atomic E-state index is 0.0363. The molecule has 2 aromatic carbocycles. The third kappa shape index (κ3) is 6.04. The molecule has 3 rings (SSSR count). The zero-order chi connectivity index (χ0) is 21.6. The molecule has 0 spiro atoms. The molecule has 0 aromatic heterocycles. The Morgan fingerprint density at radius 1 is 1.13 bits per heavy atom. The van der Waals surface area contributed by atoms with Crippen molar-refractivity contribution in [3.05, 3.63) is 54.1 Å². The average Bonchev–Trinajstić information content (AvgIpc) is 2.74. The molecule has 1 aliphatic heterocycles. The minimum atomic E-state index is -3.62. The SMILES string of the molecule is COC1CCN(c2ccc(NC(=O)CCNS(=O)(=O)c3cccc(C)c3)cc2)CC1. The van der Waals surface area contributed by atoms with E-state index < -0.39 is 10.0 Å². The first kappa shape index (κ1) is 22.3. The normalized spacial score (nSPS) is 15.2. The van der Waals surface area contributed by atoms with Gasteiger partial charge in [-0.25, -0.2) is 13.1 Å². The van der Waals surface area contributed by atoms with Gasteiger partial charge >= 0.3 is 0 Å². The Bertz CT molecular complexity index is 953. The number of benzene rings is 2. The molecule has 2 aromatic rings. The van der Waals surface area contributed by atoms with Crippen molar-refractivity contribution in [3.8, 4) is 0 Å². The van der Waals surface area contributed by atoms with Crippen LogP contribution in [0, 0.1) is 6.92 Å². The smallest absolute Gasteiger partial charge is 0.240 e. The van der Waals surface area contributed by atoms with Crippen molar-refractivity contribution in [1.82, 2.24) is 4.72 Å². The molecule has 0 unspecified atom stereocenters. The summed E-state index contributed by atoms with van der Waals surface area (Å²) in [5, 5.41) is 2.81. The zero-order valence-corrected chi connectivity index (χ0v) is 18.2. The van der Waals surface area contributed by atoms with E-state index in [4.69, 9.17) is 4.74 Å². The fourth-order valence-corrected chi connectivity index (χ4v) is 4.63. The summed E-state index contributed by atoms with van der Waals surface area (Å²) in [7, 11) is -1.86. The second-order valence-corrected chi connectivity index (χ2v) is 9.25. The van der Waals surface area contributed by atoms with Crippen LogP contribution in [0.25, 0.3) is 0 Å². The topological polar surface area (TPSA) is 87.7 Å². The molecule has 2 N–H and O–H groups in total. The molecule has 30 heavy (non-hydrogen) atoms. The van der Waals surface area contributed by atoms with Gasteiger partial charge in [0.2, 0.25) is 15.9 Å². The number of carbonyl (C=O) groups is 1. The van der Waals surface area contributed by atoms with Gasteiger partial charge in [0.1, 0.15) is 0 Å². The van der Waals surface area contributed by atoms with E-state index in [9.17, 15) is 13.2 Å². The standard InChI is InChI=1S/C22H29N3O4S/c1-17-4-3-5-21(16-17)30(27,28)23-13-10-22(26)24-18-6-8-19(9-7-18)25-14-11-20(29-2)12-15-25/h3-9,16,20,23H,10-15H2,1-2H3,(H,24,26). The van der Waals surface area contributed by atoms with Crippen LogP contribution in [-0.4, -0.2) is 47.2 Å².